The van der Waals surface area contributed by atoms with E-state index in [9.17, 15) is 25.2 Å². The van der Waals surface area contributed by atoms with Gasteiger partial charge in [-0.15, -0.1) is 0 Å². The standard InChI is InChI=1S/C29H36N2O5/c1-19-13-20(7-9-25(19)33)11-12-30-28(36)23-6-4-5-21(14-23)16-29(2,3)31-17-27(35)22-8-10-26(34)24(15-22)18-32/h4-10,13-15,27,31-35H,11-12,16-18H2,1-3H3,(H,30,36)/t27-/m0/s1. The highest BCUT2D eigenvalue weighted by atomic mass is 16.3. The predicted octanol–water partition coefficient (Wildman–Crippen LogP) is 3.52. The van der Waals surface area contributed by atoms with E-state index in [-0.39, 0.29) is 29.6 Å². The summed E-state index contributed by atoms with van der Waals surface area (Å²) in [7, 11) is 0. The second kappa shape index (κ2) is 12.0. The maximum absolute atomic E-state index is 12.7. The molecule has 1 atom stereocenters. The highest BCUT2D eigenvalue weighted by molar-refractivity contribution is 5.94. The van der Waals surface area contributed by atoms with Gasteiger partial charge in [-0.2, -0.15) is 0 Å². The molecule has 0 aliphatic carbocycles. The Labute approximate surface area is 212 Å². The summed E-state index contributed by atoms with van der Waals surface area (Å²) in [6.45, 7) is 6.39. The Morgan fingerprint density at radius 3 is 2.44 bits per heavy atom. The molecule has 0 heterocycles. The third kappa shape index (κ3) is 7.55. The molecule has 7 heteroatoms. The number of aliphatic hydroxyl groups excluding tert-OH is 2. The third-order valence-corrected chi connectivity index (χ3v) is 6.23. The largest absolute Gasteiger partial charge is 0.508 e. The molecule has 192 valence electrons. The van der Waals surface area contributed by atoms with Crippen molar-refractivity contribution >= 4 is 5.91 Å². The minimum absolute atomic E-state index is 0.00103. The number of β-amino-alcohol motifs (C(OH)–C–C–N with tert-alkyl or cyclic N) is 1. The van der Waals surface area contributed by atoms with Gasteiger partial charge in [-0.05, 0) is 86.2 Å². The minimum atomic E-state index is -0.801. The number of phenols is 2. The van der Waals surface area contributed by atoms with Crippen LogP contribution in [0, 0.1) is 6.92 Å². The van der Waals surface area contributed by atoms with Crippen LogP contribution >= 0.6 is 0 Å². The van der Waals surface area contributed by atoms with Crippen LogP contribution in [0.25, 0.3) is 0 Å². The van der Waals surface area contributed by atoms with E-state index in [4.69, 9.17) is 0 Å². The number of amides is 1. The summed E-state index contributed by atoms with van der Waals surface area (Å²) in [6, 6.07) is 17.7. The van der Waals surface area contributed by atoms with E-state index in [1.807, 2.05) is 51.1 Å². The molecule has 0 fully saturated rings. The molecule has 1 amide bonds. The SMILES string of the molecule is Cc1cc(CCNC(=O)c2cccc(CC(C)(C)NC[C@H](O)c3ccc(O)c(CO)c3)c2)ccc1O. The summed E-state index contributed by atoms with van der Waals surface area (Å²) >= 11 is 0. The van der Waals surface area contributed by atoms with Gasteiger partial charge in [0.25, 0.3) is 5.91 Å². The van der Waals surface area contributed by atoms with Crippen LogP contribution in [0.1, 0.15) is 58.1 Å². The maximum Gasteiger partial charge on any atom is 0.251 e. The predicted molar refractivity (Wildman–Crippen MR) is 140 cm³/mol. The molecule has 3 rings (SSSR count). The second-order valence-corrected chi connectivity index (χ2v) is 9.83. The number of hydrogen-bond donors (Lipinski definition) is 6. The average molecular weight is 493 g/mol. The van der Waals surface area contributed by atoms with E-state index in [1.165, 1.54) is 6.07 Å². The van der Waals surface area contributed by atoms with Gasteiger partial charge in [-0.1, -0.05) is 30.3 Å². The fraction of sp³-hybridized carbons (Fsp3) is 0.345. The first-order chi connectivity index (χ1) is 17.1. The van der Waals surface area contributed by atoms with Gasteiger partial charge in [0.05, 0.1) is 12.7 Å². The van der Waals surface area contributed by atoms with Gasteiger partial charge in [-0.25, -0.2) is 0 Å². The van der Waals surface area contributed by atoms with Crippen molar-refractivity contribution in [1.82, 2.24) is 10.6 Å². The van der Waals surface area contributed by atoms with Gasteiger partial charge in [-0.3, -0.25) is 4.79 Å². The van der Waals surface area contributed by atoms with E-state index in [0.29, 0.717) is 42.6 Å². The number of phenolic OH excluding ortho intramolecular Hbond substituents is 1. The zero-order chi connectivity index (χ0) is 26.3. The van der Waals surface area contributed by atoms with Gasteiger partial charge in [0.1, 0.15) is 11.5 Å². The minimum Gasteiger partial charge on any atom is -0.508 e. The monoisotopic (exact) mass is 492 g/mol. The Hall–Kier alpha value is -3.39. The van der Waals surface area contributed by atoms with Crippen molar-refractivity contribution in [2.45, 2.75) is 51.9 Å². The molecule has 0 aliphatic rings. The zero-order valence-corrected chi connectivity index (χ0v) is 21.1. The highest BCUT2D eigenvalue weighted by Crippen LogP contribution is 2.23. The molecular formula is C29H36N2O5. The van der Waals surface area contributed by atoms with Crippen LogP contribution < -0.4 is 10.6 Å². The summed E-state index contributed by atoms with van der Waals surface area (Å²) < 4.78 is 0. The van der Waals surface area contributed by atoms with Gasteiger partial charge in [0.15, 0.2) is 0 Å². The molecule has 3 aromatic carbocycles. The van der Waals surface area contributed by atoms with Crippen molar-refractivity contribution in [3.05, 3.63) is 94.0 Å². The van der Waals surface area contributed by atoms with Crippen LogP contribution in [0.2, 0.25) is 0 Å². The van der Waals surface area contributed by atoms with E-state index in [0.717, 1.165) is 16.7 Å². The lowest BCUT2D eigenvalue weighted by atomic mass is 9.93. The van der Waals surface area contributed by atoms with Crippen LogP contribution in [0.15, 0.2) is 60.7 Å². The number of benzene rings is 3. The smallest absolute Gasteiger partial charge is 0.251 e. The average Bonchev–Trinajstić information content (AvgIpc) is 2.85. The molecule has 0 aromatic heterocycles. The van der Waals surface area contributed by atoms with Crippen LogP contribution in [-0.4, -0.2) is 45.0 Å². The molecule has 0 saturated heterocycles. The molecule has 0 spiro atoms. The fourth-order valence-corrected chi connectivity index (χ4v) is 4.12. The van der Waals surface area contributed by atoms with Crippen LogP contribution in [-0.2, 0) is 19.4 Å². The third-order valence-electron chi connectivity index (χ3n) is 6.23. The number of carbonyl (C=O) groups excluding carboxylic acids is 1. The molecule has 36 heavy (non-hydrogen) atoms. The van der Waals surface area contributed by atoms with Crippen molar-refractivity contribution in [2.24, 2.45) is 0 Å². The Bertz CT molecular complexity index is 1190. The van der Waals surface area contributed by atoms with E-state index in [1.54, 1.807) is 24.3 Å². The maximum atomic E-state index is 12.7. The summed E-state index contributed by atoms with van der Waals surface area (Å²) in [5.41, 5.74) is 4.08. The lowest BCUT2D eigenvalue weighted by molar-refractivity contribution is 0.0954. The van der Waals surface area contributed by atoms with Gasteiger partial charge in [0, 0.05) is 29.8 Å². The van der Waals surface area contributed by atoms with Crippen molar-refractivity contribution < 1.29 is 25.2 Å². The van der Waals surface area contributed by atoms with E-state index < -0.39 is 6.10 Å². The lowest BCUT2D eigenvalue weighted by Gasteiger charge is -2.28. The molecule has 6 N–H and O–H groups in total. The van der Waals surface area contributed by atoms with Crippen molar-refractivity contribution in [2.75, 3.05) is 13.1 Å². The normalized spacial score (nSPS) is 12.4. The van der Waals surface area contributed by atoms with Gasteiger partial charge in [0.2, 0.25) is 0 Å². The second-order valence-electron chi connectivity index (χ2n) is 9.83. The van der Waals surface area contributed by atoms with Crippen molar-refractivity contribution in [3.63, 3.8) is 0 Å². The first-order valence-electron chi connectivity index (χ1n) is 12.1. The summed E-state index contributed by atoms with van der Waals surface area (Å²) in [5.74, 6) is 0.129. The lowest BCUT2D eigenvalue weighted by Crippen LogP contribution is -2.43. The van der Waals surface area contributed by atoms with Gasteiger partial charge >= 0.3 is 0 Å². The number of aromatic hydroxyl groups is 2. The number of aryl methyl sites for hydroxylation is 1. The van der Waals surface area contributed by atoms with Crippen LogP contribution in [0.5, 0.6) is 11.5 Å². The first-order valence-corrected chi connectivity index (χ1v) is 12.1. The molecule has 0 aliphatic heterocycles. The van der Waals surface area contributed by atoms with Crippen LogP contribution in [0.4, 0.5) is 0 Å². The molecule has 0 saturated carbocycles. The fourth-order valence-electron chi connectivity index (χ4n) is 4.12. The number of nitrogens with one attached hydrogen (secondary N) is 2. The Balaban J connectivity index is 1.53. The summed E-state index contributed by atoms with van der Waals surface area (Å²) in [6.07, 6.45) is 0.516. The Kier molecular flexibility index (Phi) is 9.09. The number of rotatable bonds is 11. The molecule has 3 aromatic rings. The Morgan fingerprint density at radius 1 is 0.972 bits per heavy atom. The van der Waals surface area contributed by atoms with Crippen molar-refractivity contribution in [1.29, 1.82) is 0 Å². The quantitative estimate of drug-likeness (QED) is 0.244. The van der Waals surface area contributed by atoms with Gasteiger partial charge < -0.3 is 31.1 Å². The number of aliphatic hydroxyl groups is 2. The van der Waals surface area contributed by atoms with Crippen molar-refractivity contribution in [3.8, 4) is 11.5 Å². The summed E-state index contributed by atoms with van der Waals surface area (Å²) in [5, 5.41) is 45.6. The topological polar surface area (TPSA) is 122 Å². The molecule has 0 radical (unpaired) electrons. The summed E-state index contributed by atoms with van der Waals surface area (Å²) in [4.78, 5) is 12.7. The number of hydrogen-bond acceptors (Lipinski definition) is 6. The number of carbonyl (C=O) groups is 1. The zero-order valence-electron chi connectivity index (χ0n) is 21.1. The van der Waals surface area contributed by atoms with E-state index in [2.05, 4.69) is 10.6 Å². The molecule has 0 bridgehead atoms. The molecular weight excluding hydrogens is 456 g/mol. The van der Waals surface area contributed by atoms with Crippen LogP contribution in [0.3, 0.4) is 0 Å². The molecule has 0 unspecified atom stereocenters. The Morgan fingerprint density at radius 2 is 1.72 bits per heavy atom. The first kappa shape index (κ1) is 27.2. The van der Waals surface area contributed by atoms with E-state index >= 15 is 0 Å². The highest BCUT2D eigenvalue weighted by Gasteiger charge is 2.21. The molecule has 7 nitrogen and oxygen atoms in total.